The number of hydrogen-bond donors (Lipinski definition) is 3. The smallest absolute Gasteiger partial charge is 0.140 e. The Morgan fingerprint density at radius 2 is 1.14 bits per heavy atom. The van der Waals surface area contributed by atoms with Crippen molar-refractivity contribution in [2.75, 3.05) is 13.2 Å². The van der Waals surface area contributed by atoms with Gasteiger partial charge in [-0.3, -0.25) is 9.97 Å². The van der Waals surface area contributed by atoms with E-state index in [9.17, 15) is 15.4 Å². The van der Waals surface area contributed by atoms with Gasteiger partial charge in [-0.1, -0.05) is 46.7 Å². The molecule has 0 saturated heterocycles. The highest BCUT2D eigenvalue weighted by Gasteiger charge is 2.20. The van der Waals surface area contributed by atoms with Crippen LogP contribution in [0.5, 0.6) is 11.5 Å². The van der Waals surface area contributed by atoms with E-state index in [0.717, 1.165) is 11.1 Å². The second kappa shape index (κ2) is 11.8. The molecule has 0 aliphatic carbocycles. The molecule has 0 fully saturated rings. The molecule has 8 heteroatoms. The van der Waals surface area contributed by atoms with E-state index in [2.05, 4.69) is 56.7 Å². The lowest BCUT2D eigenvalue weighted by atomic mass is 9.95. The van der Waals surface area contributed by atoms with E-state index in [0.29, 0.717) is 41.4 Å². The number of aromatic hydroxyl groups is 2. The largest absolute Gasteiger partial charge is 0.506 e. The van der Waals surface area contributed by atoms with Crippen molar-refractivity contribution in [3.63, 3.8) is 0 Å². The zero-order valence-electron chi connectivity index (χ0n) is 22.4. The first-order valence-corrected chi connectivity index (χ1v) is 11.9. The third-order valence-electron chi connectivity index (χ3n) is 5.35. The predicted molar refractivity (Wildman–Crippen MR) is 136 cm³/mol. The standard InChI is InChI=1S/C27H41N3O5/c1-17-24(31)22(19(11-28-17)13-34-15-26(3,4)5)9-21(30-33)10-23-20(12-29-18(2)25(23)32)14-35-16-27(6,7)8/h11-12,31-33H,9-10,13-16H2,1-8H3. The van der Waals surface area contributed by atoms with Crippen LogP contribution in [0.25, 0.3) is 0 Å². The van der Waals surface area contributed by atoms with Gasteiger partial charge in [-0.15, -0.1) is 0 Å². The molecular weight excluding hydrogens is 446 g/mol. The molecule has 2 heterocycles. The van der Waals surface area contributed by atoms with Crippen molar-refractivity contribution < 1.29 is 24.9 Å². The zero-order chi connectivity index (χ0) is 26.4. The van der Waals surface area contributed by atoms with E-state index in [4.69, 9.17) is 9.47 Å². The van der Waals surface area contributed by atoms with Crippen molar-refractivity contribution in [2.45, 2.75) is 81.4 Å². The molecule has 0 spiro atoms. The van der Waals surface area contributed by atoms with Gasteiger partial charge in [0.25, 0.3) is 0 Å². The third-order valence-corrected chi connectivity index (χ3v) is 5.35. The van der Waals surface area contributed by atoms with Crippen LogP contribution in [0.4, 0.5) is 0 Å². The van der Waals surface area contributed by atoms with Crippen LogP contribution in [0.3, 0.4) is 0 Å². The van der Waals surface area contributed by atoms with Crippen LogP contribution < -0.4 is 0 Å². The summed E-state index contributed by atoms with van der Waals surface area (Å²) < 4.78 is 11.7. The summed E-state index contributed by atoms with van der Waals surface area (Å²) in [4.78, 5) is 8.54. The summed E-state index contributed by atoms with van der Waals surface area (Å²) in [5, 5.41) is 34.9. The van der Waals surface area contributed by atoms with Gasteiger partial charge < -0.3 is 24.9 Å². The van der Waals surface area contributed by atoms with Crippen molar-refractivity contribution in [3.8, 4) is 11.5 Å². The number of hydrogen-bond acceptors (Lipinski definition) is 8. The minimum absolute atomic E-state index is 0.000242. The first-order chi connectivity index (χ1) is 16.2. The van der Waals surface area contributed by atoms with Crippen LogP contribution in [0.1, 0.15) is 75.2 Å². The third kappa shape index (κ3) is 8.78. The van der Waals surface area contributed by atoms with Gasteiger partial charge in [-0.05, 0) is 24.7 Å². The Morgan fingerprint density at radius 3 is 1.46 bits per heavy atom. The molecule has 0 radical (unpaired) electrons. The van der Waals surface area contributed by atoms with E-state index in [1.54, 1.807) is 26.2 Å². The number of aryl methyl sites for hydroxylation is 2. The Kier molecular flexibility index (Phi) is 9.63. The molecule has 3 N–H and O–H groups in total. The van der Waals surface area contributed by atoms with Crippen molar-refractivity contribution in [1.82, 2.24) is 9.97 Å². The van der Waals surface area contributed by atoms with E-state index < -0.39 is 0 Å². The van der Waals surface area contributed by atoms with Crippen LogP contribution in [0.2, 0.25) is 0 Å². The molecule has 2 aromatic heterocycles. The SMILES string of the molecule is Cc1ncc(COCC(C)(C)C)c(CC(Cc2c(COCC(C)(C)C)cnc(C)c2O)=NO)c1O. The molecule has 0 bridgehead atoms. The molecule has 0 aliphatic rings. The summed E-state index contributed by atoms with van der Waals surface area (Å²) in [6.07, 6.45) is 3.70. The highest BCUT2D eigenvalue weighted by atomic mass is 16.5. The number of rotatable bonds is 10. The fraction of sp³-hybridized carbons (Fsp3) is 0.593. The Labute approximate surface area is 209 Å². The quantitative estimate of drug-likeness (QED) is 0.238. The minimum Gasteiger partial charge on any atom is -0.506 e. The second-order valence-electron chi connectivity index (χ2n) is 11.5. The molecule has 0 unspecified atom stereocenters. The zero-order valence-corrected chi connectivity index (χ0v) is 22.4. The van der Waals surface area contributed by atoms with Crippen LogP contribution in [0.15, 0.2) is 17.5 Å². The van der Waals surface area contributed by atoms with Crippen LogP contribution in [-0.2, 0) is 35.5 Å². The molecular formula is C27H41N3O5. The van der Waals surface area contributed by atoms with Gasteiger partial charge in [0, 0.05) is 47.5 Å². The summed E-state index contributed by atoms with van der Waals surface area (Å²) in [5.41, 5.74) is 3.97. The van der Waals surface area contributed by atoms with E-state index in [-0.39, 0.29) is 48.4 Å². The molecule has 0 aromatic carbocycles. The maximum Gasteiger partial charge on any atom is 0.140 e. The lowest BCUT2D eigenvalue weighted by molar-refractivity contribution is 0.0592. The highest BCUT2D eigenvalue weighted by Crippen LogP contribution is 2.29. The number of aromatic nitrogens is 2. The van der Waals surface area contributed by atoms with Crippen molar-refractivity contribution in [3.05, 3.63) is 46.0 Å². The van der Waals surface area contributed by atoms with E-state index >= 15 is 0 Å². The first-order valence-electron chi connectivity index (χ1n) is 11.9. The van der Waals surface area contributed by atoms with Gasteiger partial charge in [-0.2, -0.15) is 0 Å². The molecule has 0 aliphatic heterocycles. The van der Waals surface area contributed by atoms with Crippen molar-refractivity contribution >= 4 is 5.71 Å². The lowest BCUT2D eigenvalue weighted by Crippen LogP contribution is -2.17. The Balaban J connectivity index is 2.30. The molecule has 8 nitrogen and oxygen atoms in total. The molecule has 194 valence electrons. The molecule has 35 heavy (non-hydrogen) atoms. The van der Waals surface area contributed by atoms with Gasteiger partial charge in [0.2, 0.25) is 0 Å². The number of nitrogens with zero attached hydrogens (tertiary/aromatic N) is 3. The van der Waals surface area contributed by atoms with E-state index in [1.165, 1.54) is 0 Å². The summed E-state index contributed by atoms with van der Waals surface area (Å²) in [7, 11) is 0. The maximum atomic E-state index is 10.8. The number of oxime groups is 1. The summed E-state index contributed by atoms with van der Waals surface area (Å²) in [5.74, 6) is 0.0961. The highest BCUT2D eigenvalue weighted by molar-refractivity contribution is 5.89. The molecule has 0 atom stereocenters. The van der Waals surface area contributed by atoms with E-state index in [1.807, 2.05) is 0 Å². The minimum atomic E-state index is 0.000242. The number of ether oxygens (including phenoxy) is 2. The summed E-state index contributed by atoms with van der Waals surface area (Å²) in [6.45, 7) is 17.6. The molecule has 2 rings (SSSR count). The average molecular weight is 488 g/mol. The normalized spacial score (nSPS) is 12.1. The predicted octanol–water partition coefficient (Wildman–Crippen LogP) is 5.25. The fourth-order valence-corrected chi connectivity index (χ4v) is 3.49. The van der Waals surface area contributed by atoms with Gasteiger partial charge in [0.15, 0.2) is 0 Å². The molecule has 2 aromatic rings. The van der Waals surface area contributed by atoms with Gasteiger partial charge >= 0.3 is 0 Å². The van der Waals surface area contributed by atoms with Gasteiger partial charge in [0.05, 0.1) is 43.5 Å². The van der Waals surface area contributed by atoms with Gasteiger partial charge in [0.1, 0.15) is 11.5 Å². The Hall–Kier alpha value is -2.71. The summed E-state index contributed by atoms with van der Waals surface area (Å²) >= 11 is 0. The van der Waals surface area contributed by atoms with Crippen molar-refractivity contribution in [2.24, 2.45) is 16.0 Å². The Bertz CT molecular complexity index is 957. The number of pyridine rings is 2. The molecule has 0 amide bonds. The second-order valence-corrected chi connectivity index (χ2v) is 11.5. The Morgan fingerprint density at radius 1 is 0.771 bits per heavy atom. The molecule has 0 saturated carbocycles. The van der Waals surface area contributed by atoms with Crippen LogP contribution in [-0.4, -0.2) is 44.3 Å². The fourth-order valence-electron chi connectivity index (χ4n) is 3.49. The summed E-state index contributed by atoms with van der Waals surface area (Å²) in [6, 6.07) is 0. The van der Waals surface area contributed by atoms with Gasteiger partial charge in [-0.25, -0.2) is 0 Å². The first kappa shape index (κ1) is 28.5. The van der Waals surface area contributed by atoms with Crippen molar-refractivity contribution in [1.29, 1.82) is 0 Å². The average Bonchev–Trinajstić information content (AvgIpc) is 2.74. The lowest BCUT2D eigenvalue weighted by Gasteiger charge is -2.20. The van der Waals surface area contributed by atoms with Crippen LogP contribution in [0, 0.1) is 24.7 Å². The topological polar surface area (TPSA) is 117 Å². The monoisotopic (exact) mass is 487 g/mol. The maximum absolute atomic E-state index is 10.8. The van der Waals surface area contributed by atoms with Crippen LogP contribution >= 0.6 is 0 Å².